The van der Waals surface area contributed by atoms with E-state index in [1.54, 1.807) is 55.4 Å². The van der Waals surface area contributed by atoms with Gasteiger partial charge in [0.25, 0.3) is 0 Å². The van der Waals surface area contributed by atoms with Crippen molar-refractivity contribution in [1.82, 2.24) is 0 Å². The molecule has 0 aromatic heterocycles. The summed E-state index contributed by atoms with van der Waals surface area (Å²) in [6.45, 7) is 12.8. The van der Waals surface area contributed by atoms with Crippen LogP contribution in [0.1, 0.15) is 55.4 Å². The predicted octanol–water partition coefficient (Wildman–Crippen LogP) is 3.09. The van der Waals surface area contributed by atoms with Gasteiger partial charge in [-0.1, -0.05) is 0 Å². The van der Waals surface area contributed by atoms with Crippen LogP contribution < -0.4 is 0 Å². The minimum absolute atomic E-state index is 0.194. The van der Waals surface area contributed by atoms with E-state index in [9.17, 15) is 19.3 Å². The summed E-state index contributed by atoms with van der Waals surface area (Å²) in [5.41, 5.74) is 0. The van der Waals surface area contributed by atoms with Crippen LogP contribution in [-0.2, 0) is 36.8 Å². The molecule has 168 valence electrons. The van der Waals surface area contributed by atoms with Gasteiger partial charge in [-0.15, -0.1) is 0 Å². The largest absolute Gasteiger partial charge is 0.378 e. The van der Waals surface area contributed by atoms with E-state index < -0.39 is 51.3 Å². The van der Waals surface area contributed by atoms with Crippen LogP contribution in [0, 0.1) is 0 Å². The van der Waals surface area contributed by atoms with Gasteiger partial charge in [-0.05, 0) is 55.4 Å². The first-order chi connectivity index (χ1) is 12.6. The number of aliphatic hydroxyl groups excluding tert-OH is 2. The zero-order valence-corrected chi connectivity index (χ0v) is 19.5. The normalized spacial score (nSPS) is 14.8. The molecular weight excluding hydrogens is 414 g/mol. The third kappa shape index (κ3) is 11.5. The van der Waals surface area contributed by atoms with Crippen LogP contribution in [0.3, 0.4) is 0 Å². The molecule has 0 bridgehead atoms. The number of carbonyl (C=O) groups excluding carboxylic acids is 2. The van der Waals surface area contributed by atoms with Crippen molar-refractivity contribution in [2.75, 3.05) is 0 Å². The standard InChI is InChI=1S/C14H32O8P2.C2H2O2/c1-9(2)19-23(17,20-10(3)4)13(15)14(16)24(18,21-11(5)6)22-12(7)8;3-1-2-4/h9-16H,1-8H3;1-2H. The van der Waals surface area contributed by atoms with Crippen molar-refractivity contribution in [3.05, 3.63) is 0 Å². The van der Waals surface area contributed by atoms with E-state index in [0.29, 0.717) is 0 Å². The number of aliphatic hydroxyl groups is 2. The first-order valence-corrected chi connectivity index (χ1v) is 12.1. The van der Waals surface area contributed by atoms with Gasteiger partial charge in [0.1, 0.15) is 0 Å². The second-order valence-corrected chi connectivity index (χ2v) is 10.9. The topological polar surface area (TPSA) is 146 Å². The second kappa shape index (κ2) is 13.7. The molecule has 12 heteroatoms. The first kappa shape index (κ1) is 29.8. The summed E-state index contributed by atoms with van der Waals surface area (Å²) in [6, 6.07) is 0. The molecule has 0 fully saturated rings. The molecule has 0 radical (unpaired) electrons. The lowest BCUT2D eigenvalue weighted by Crippen LogP contribution is -2.32. The fourth-order valence-electron chi connectivity index (χ4n) is 1.80. The Bertz CT molecular complexity index is 472. The zero-order chi connectivity index (χ0) is 22.7. The Hall–Kier alpha value is -0.440. The molecule has 2 unspecified atom stereocenters. The molecular formula is C16H34O10P2. The van der Waals surface area contributed by atoms with Gasteiger partial charge in [0.15, 0.2) is 24.3 Å². The molecule has 2 atom stereocenters. The van der Waals surface area contributed by atoms with Crippen molar-refractivity contribution in [1.29, 1.82) is 0 Å². The van der Waals surface area contributed by atoms with E-state index in [4.69, 9.17) is 27.7 Å². The molecule has 0 aromatic rings. The molecule has 0 saturated heterocycles. The highest BCUT2D eigenvalue weighted by molar-refractivity contribution is 7.59. The van der Waals surface area contributed by atoms with Crippen molar-refractivity contribution >= 4 is 27.8 Å². The second-order valence-electron chi connectivity index (χ2n) is 6.80. The van der Waals surface area contributed by atoms with Gasteiger partial charge in [-0.2, -0.15) is 0 Å². The highest BCUT2D eigenvalue weighted by Crippen LogP contribution is 2.64. The Kier molecular flexibility index (Phi) is 14.6. The SMILES string of the molecule is CC(C)OP(=O)(OC(C)C)C(O)C(O)P(=O)(OC(C)C)OC(C)C.O=CC=O. The molecule has 2 N–H and O–H groups in total. The number of rotatable bonds is 12. The summed E-state index contributed by atoms with van der Waals surface area (Å²) in [4.78, 5) is 17.6. The average Bonchev–Trinajstić information content (AvgIpc) is 2.50. The van der Waals surface area contributed by atoms with Crippen molar-refractivity contribution in [2.24, 2.45) is 0 Å². The third-order valence-electron chi connectivity index (χ3n) is 2.40. The van der Waals surface area contributed by atoms with Gasteiger partial charge in [-0.25, -0.2) is 0 Å². The Balaban J connectivity index is 0. The molecule has 0 aliphatic carbocycles. The summed E-state index contributed by atoms with van der Waals surface area (Å²) < 4.78 is 46.7. The molecule has 0 aliphatic heterocycles. The monoisotopic (exact) mass is 448 g/mol. The van der Waals surface area contributed by atoms with Crippen LogP contribution in [0.2, 0.25) is 0 Å². The molecule has 0 aliphatic rings. The molecule has 0 saturated carbocycles. The number of hydrogen-bond donors (Lipinski definition) is 2. The van der Waals surface area contributed by atoms with Crippen LogP contribution in [0.5, 0.6) is 0 Å². The fourth-order valence-corrected chi connectivity index (χ4v) is 6.38. The molecule has 10 nitrogen and oxygen atoms in total. The van der Waals surface area contributed by atoms with Crippen molar-refractivity contribution < 1.29 is 47.0 Å². The van der Waals surface area contributed by atoms with E-state index in [2.05, 4.69) is 0 Å². The maximum Gasteiger partial charge on any atom is 0.362 e. The number of aldehydes is 2. The van der Waals surface area contributed by atoms with Crippen LogP contribution in [0.25, 0.3) is 0 Å². The Morgan fingerprint density at radius 3 is 0.857 bits per heavy atom. The lowest BCUT2D eigenvalue weighted by Gasteiger charge is -2.33. The van der Waals surface area contributed by atoms with Crippen LogP contribution >= 0.6 is 15.2 Å². The summed E-state index contributed by atoms with van der Waals surface area (Å²) in [7, 11) is -8.38. The van der Waals surface area contributed by atoms with E-state index in [1.807, 2.05) is 0 Å². The van der Waals surface area contributed by atoms with Crippen molar-refractivity contribution in [3.8, 4) is 0 Å². The van der Waals surface area contributed by atoms with Gasteiger partial charge >= 0.3 is 15.2 Å². The minimum atomic E-state index is -4.19. The lowest BCUT2D eigenvalue weighted by molar-refractivity contribution is -0.122. The highest BCUT2D eigenvalue weighted by Gasteiger charge is 2.51. The summed E-state index contributed by atoms with van der Waals surface area (Å²) >= 11 is 0. The van der Waals surface area contributed by atoms with E-state index in [-0.39, 0.29) is 12.6 Å². The first-order valence-electron chi connectivity index (χ1n) is 8.83. The fraction of sp³-hybridized carbons (Fsp3) is 0.875. The van der Waals surface area contributed by atoms with E-state index in [0.717, 1.165) is 0 Å². The van der Waals surface area contributed by atoms with Gasteiger partial charge in [0.2, 0.25) is 0 Å². The molecule has 28 heavy (non-hydrogen) atoms. The van der Waals surface area contributed by atoms with Gasteiger partial charge < -0.3 is 28.3 Å². The van der Waals surface area contributed by atoms with Gasteiger partial charge in [0.05, 0.1) is 24.4 Å². The van der Waals surface area contributed by atoms with E-state index >= 15 is 0 Å². The van der Waals surface area contributed by atoms with Gasteiger partial charge in [0, 0.05) is 0 Å². The molecule has 0 amide bonds. The summed E-state index contributed by atoms with van der Waals surface area (Å²) in [5, 5.41) is 20.8. The highest BCUT2D eigenvalue weighted by atomic mass is 31.2. The van der Waals surface area contributed by atoms with Crippen molar-refractivity contribution in [3.63, 3.8) is 0 Å². The molecule has 0 aromatic carbocycles. The average molecular weight is 448 g/mol. The number of carbonyl (C=O) groups is 2. The van der Waals surface area contributed by atoms with Crippen LogP contribution in [0.4, 0.5) is 0 Å². The predicted molar refractivity (Wildman–Crippen MR) is 104 cm³/mol. The Morgan fingerprint density at radius 2 is 0.750 bits per heavy atom. The Morgan fingerprint density at radius 1 is 0.571 bits per heavy atom. The van der Waals surface area contributed by atoms with Crippen LogP contribution in [-0.4, -0.2) is 58.9 Å². The summed E-state index contributed by atoms with van der Waals surface area (Å²) in [5.74, 6) is -4.16. The van der Waals surface area contributed by atoms with Gasteiger partial charge in [-0.3, -0.25) is 18.7 Å². The van der Waals surface area contributed by atoms with Crippen molar-refractivity contribution in [2.45, 2.75) is 91.5 Å². The molecule has 0 heterocycles. The molecule has 0 spiro atoms. The lowest BCUT2D eigenvalue weighted by atomic mass is 10.5. The maximum absolute atomic E-state index is 12.9. The Labute approximate surface area is 167 Å². The third-order valence-corrected chi connectivity index (χ3v) is 7.36. The van der Waals surface area contributed by atoms with E-state index in [1.165, 1.54) is 0 Å². The maximum atomic E-state index is 12.9. The zero-order valence-electron chi connectivity index (χ0n) is 17.7. The quantitative estimate of drug-likeness (QED) is 0.259. The summed E-state index contributed by atoms with van der Waals surface area (Å²) in [6.07, 6.45) is -1.80. The van der Waals surface area contributed by atoms with Crippen LogP contribution in [0.15, 0.2) is 0 Å². The molecule has 0 rings (SSSR count). The minimum Gasteiger partial charge on any atom is -0.378 e. The smallest absolute Gasteiger partial charge is 0.362 e. The number of hydrogen-bond acceptors (Lipinski definition) is 10.